The van der Waals surface area contributed by atoms with Crippen molar-refractivity contribution in [3.63, 3.8) is 0 Å². The fourth-order valence-corrected chi connectivity index (χ4v) is 1.88. The molecule has 0 aliphatic heterocycles. The fraction of sp³-hybridized carbons (Fsp3) is 0.143. The molecular weight excluding hydrogens is 250 g/mol. The summed E-state index contributed by atoms with van der Waals surface area (Å²) in [5, 5.41) is 4.37. The number of Topliss-reactive ketones (excluding diaryl/α,β-unsaturated/α-hetero) is 1. The van der Waals surface area contributed by atoms with Crippen molar-refractivity contribution in [3.8, 4) is 0 Å². The second-order valence-corrected chi connectivity index (χ2v) is 4.13. The van der Waals surface area contributed by atoms with E-state index in [1.807, 2.05) is 36.4 Å². The lowest BCUT2D eigenvalue weighted by molar-refractivity contribution is -0.118. The highest BCUT2D eigenvalue weighted by atomic mass is 35.5. The maximum Gasteiger partial charge on any atom is 0.235 e. The molecule has 0 fully saturated rings. The van der Waals surface area contributed by atoms with Crippen LogP contribution in [-0.4, -0.2) is 24.1 Å². The van der Waals surface area contributed by atoms with Gasteiger partial charge in [0.15, 0.2) is 5.78 Å². The van der Waals surface area contributed by atoms with E-state index in [-0.39, 0.29) is 24.1 Å². The zero-order chi connectivity index (χ0) is 13.0. The van der Waals surface area contributed by atoms with Gasteiger partial charge in [0.05, 0.1) is 6.54 Å². The molecule has 0 aliphatic rings. The molecule has 0 heterocycles. The van der Waals surface area contributed by atoms with Crippen molar-refractivity contribution >= 4 is 34.1 Å². The largest absolute Gasteiger partial charge is 0.348 e. The van der Waals surface area contributed by atoms with Gasteiger partial charge in [-0.2, -0.15) is 0 Å². The third kappa shape index (κ3) is 2.68. The first-order valence-electron chi connectivity index (χ1n) is 5.56. The standard InChI is InChI=1S/C14H12ClNO2/c15-8-14(18)16-9-13(17)12-7-3-5-10-4-1-2-6-11(10)12/h1-7H,8-9H2,(H,16,18). The predicted octanol–water partition coefficient (Wildman–Crippen LogP) is 2.38. The number of nitrogens with one attached hydrogen (secondary N) is 1. The van der Waals surface area contributed by atoms with E-state index in [1.165, 1.54) is 0 Å². The molecule has 0 aliphatic carbocycles. The van der Waals surface area contributed by atoms with Gasteiger partial charge in [0.25, 0.3) is 0 Å². The third-order valence-electron chi connectivity index (χ3n) is 2.66. The Morgan fingerprint density at radius 3 is 2.56 bits per heavy atom. The van der Waals surface area contributed by atoms with Crippen LogP contribution in [0, 0.1) is 0 Å². The zero-order valence-corrected chi connectivity index (χ0v) is 10.4. The van der Waals surface area contributed by atoms with Gasteiger partial charge in [0, 0.05) is 5.56 Å². The number of halogens is 1. The number of hydrogen-bond donors (Lipinski definition) is 1. The molecule has 2 aromatic carbocycles. The van der Waals surface area contributed by atoms with Gasteiger partial charge >= 0.3 is 0 Å². The van der Waals surface area contributed by atoms with Crippen LogP contribution in [0.25, 0.3) is 10.8 Å². The van der Waals surface area contributed by atoms with E-state index in [0.717, 1.165) is 10.8 Å². The average molecular weight is 262 g/mol. The molecule has 1 N–H and O–H groups in total. The van der Waals surface area contributed by atoms with Gasteiger partial charge in [-0.05, 0) is 10.8 Å². The van der Waals surface area contributed by atoms with Gasteiger partial charge in [-0.1, -0.05) is 42.5 Å². The number of benzene rings is 2. The second kappa shape index (κ2) is 5.65. The minimum Gasteiger partial charge on any atom is -0.348 e. The summed E-state index contributed by atoms with van der Waals surface area (Å²) >= 11 is 5.35. The number of rotatable bonds is 4. The van der Waals surface area contributed by atoms with Gasteiger partial charge in [-0.15, -0.1) is 11.6 Å². The van der Waals surface area contributed by atoms with Crippen LogP contribution in [0.5, 0.6) is 0 Å². The van der Waals surface area contributed by atoms with Gasteiger partial charge < -0.3 is 5.32 Å². The number of fused-ring (bicyclic) bond motifs is 1. The number of ketones is 1. The fourth-order valence-electron chi connectivity index (χ4n) is 1.79. The Labute approximate surface area is 110 Å². The molecule has 0 aromatic heterocycles. The van der Waals surface area contributed by atoms with Crippen LogP contribution < -0.4 is 5.32 Å². The smallest absolute Gasteiger partial charge is 0.235 e. The topological polar surface area (TPSA) is 46.2 Å². The Morgan fingerprint density at radius 2 is 1.78 bits per heavy atom. The van der Waals surface area contributed by atoms with Crippen LogP contribution >= 0.6 is 11.6 Å². The van der Waals surface area contributed by atoms with Gasteiger partial charge in [-0.25, -0.2) is 0 Å². The molecule has 0 saturated heterocycles. The number of carbonyl (C=O) groups is 2. The Balaban J connectivity index is 2.25. The lowest BCUT2D eigenvalue weighted by Crippen LogP contribution is -2.30. The molecule has 92 valence electrons. The van der Waals surface area contributed by atoms with Crippen LogP contribution in [0.3, 0.4) is 0 Å². The predicted molar refractivity (Wildman–Crippen MR) is 72.0 cm³/mol. The number of hydrogen-bond acceptors (Lipinski definition) is 2. The van der Waals surface area contributed by atoms with Crippen LogP contribution in [0.15, 0.2) is 42.5 Å². The summed E-state index contributed by atoms with van der Waals surface area (Å²) in [7, 11) is 0. The highest BCUT2D eigenvalue weighted by Crippen LogP contribution is 2.18. The van der Waals surface area contributed by atoms with E-state index >= 15 is 0 Å². The van der Waals surface area contributed by atoms with Crippen molar-refractivity contribution in [2.45, 2.75) is 0 Å². The highest BCUT2D eigenvalue weighted by molar-refractivity contribution is 6.27. The lowest BCUT2D eigenvalue weighted by atomic mass is 10.0. The summed E-state index contributed by atoms with van der Waals surface area (Å²) in [6.45, 7) is -0.0282. The molecular formula is C14H12ClNO2. The lowest BCUT2D eigenvalue weighted by Gasteiger charge is -2.06. The molecule has 0 saturated carbocycles. The second-order valence-electron chi connectivity index (χ2n) is 3.86. The molecule has 2 aromatic rings. The van der Waals surface area contributed by atoms with Gasteiger partial charge in [0.1, 0.15) is 5.88 Å². The van der Waals surface area contributed by atoms with Crippen LogP contribution in [0.1, 0.15) is 10.4 Å². The average Bonchev–Trinajstić information content (AvgIpc) is 2.43. The summed E-state index contributed by atoms with van der Waals surface area (Å²) < 4.78 is 0. The number of carbonyl (C=O) groups excluding carboxylic acids is 2. The Hall–Kier alpha value is -1.87. The molecule has 4 heteroatoms. The molecule has 18 heavy (non-hydrogen) atoms. The van der Waals surface area contributed by atoms with Crippen molar-refractivity contribution in [2.75, 3.05) is 12.4 Å². The minimum absolute atomic E-state index is 0.0282. The zero-order valence-electron chi connectivity index (χ0n) is 9.65. The van der Waals surface area contributed by atoms with Gasteiger partial charge in [0.2, 0.25) is 5.91 Å². The molecule has 2 rings (SSSR count). The first-order valence-corrected chi connectivity index (χ1v) is 6.09. The maximum atomic E-state index is 12.0. The summed E-state index contributed by atoms with van der Waals surface area (Å²) in [5.41, 5.74) is 0.614. The van der Waals surface area contributed by atoms with Crippen LogP contribution in [-0.2, 0) is 4.79 Å². The number of amides is 1. The highest BCUT2D eigenvalue weighted by Gasteiger charge is 2.10. The van der Waals surface area contributed by atoms with Crippen LogP contribution in [0.4, 0.5) is 0 Å². The Kier molecular flexibility index (Phi) is 3.95. The molecule has 0 spiro atoms. The normalized spacial score (nSPS) is 10.3. The van der Waals surface area contributed by atoms with Crippen molar-refractivity contribution in [1.82, 2.24) is 5.32 Å². The third-order valence-corrected chi connectivity index (χ3v) is 2.90. The maximum absolute atomic E-state index is 12.0. The number of alkyl halides is 1. The Morgan fingerprint density at radius 1 is 1.06 bits per heavy atom. The molecule has 0 atom stereocenters. The monoisotopic (exact) mass is 261 g/mol. The molecule has 3 nitrogen and oxygen atoms in total. The van der Waals surface area contributed by atoms with Crippen molar-refractivity contribution in [3.05, 3.63) is 48.0 Å². The van der Waals surface area contributed by atoms with Crippen molar-refractivity contribution < 1.29 is 9.59 Å². The SMILES string of the molecule is O=C(CCl)NCC(=O)c1cccc2ccccc12. The van der Waals surface area contributed by atoms with E-state index in [0.29, 0.717) is 5.56 Å². The van der Waals surface area contributed by atoms with E-state index < -0.39 is 0 Å². The van der Waals surface area contributed by atoms with Crippen molar-refractivity contribution in [1.29, 1.82) is 0 Å². The quantitative estimate of drug-likeness (QED) is 0.678. The minimum atomic E-state index is -0.342. The molecule has 0 radical (unpaired) electrons. The van der Waals surface area contributed by atoms with E-state index in [2.05, 4.69) is 5.32 Å². The molecule has 0 bridgehead atoms. The van der Waals surface area contributed by atoms with Crippen LogP contribution in [0.2, 0.25) is 0 Å². The Bertz CT molecular complexity index is 590. The summed E-state index contributed by atoms with van der Waals surface area (Å²) in [6.07, 6.45) is 0. The first kappa shape index (κ1) is 12.6. The summed E-state index contributed by atoms with van der Waals surface area (Å²) in [6, 6.07) is 13.2. The molecule has 1 amide bonds. The van der Waals surface area contributed by atoms with E-state index in [9.17, 15) is 9.59 Å². The molecule has 0 unspecified atom stereocenters. The summed E-state index contributed by atoms with van der Waals surface area (Å²) in [5.74, 6) is -0.599. The summed E-state index contributed by atoms with van der Waals surface area (Å²) in [4.78, 5) is 23.0. The van der Waals surface area contributed by atoms with Crippen molar-refractivity contribution in [2.24, 2.45) is 0 Å². The van der Waals surface area contributed by atoms with E-state index in [4.69, 9.17) is 11.6 Å². The first-order chi connectivity index (χ1) is 8.72. The van der Waals surface area contributed by atoms with Gasteiger partial charge in [-0.3, -0.25) is 9.59 Å². The van der Waals surface area contributed by atoms with E-state index in [1.54, 1.807) is 6.07 Å².